The fraction of sp³-hybridized carbons (Fsp3) is 0.133. The average molecular weight is 293 g/mol. The average Bonchev–Trinajstić information content (AvgIpc) is 2.37. The lowest BCUT2D eigenvalue weighted by atomic mass is 10.1. The highest BCUT2D eigenvalue weighted by Crippen LogP contribution is 2.29. The van der Waals surface area contributed by atoms with E-state index in [2.05, 4.69) is 12.2 Å². The summed E-state index contributed by atoms with van der Waals surface area (Å²) in [5, 5.41) is 0. The Morgan fingerprint density at radius 1 is 1.05 bits per heavy atom. The van der Waals surface area contributed by atoms with Gasteiger partial charge in [-0.2, -0.15) is 0 Å². The number of nitrogens with two attached hydrogens (primary N) is 1. The Labute approximate surface area is 121 Å². The number of ether oxygens (including phenoxy) is 1. The third-order valence-corrected chi connectivity index (χ3v) is 3.22. The molecule has 2 aromatic rings. The molecule has 0 heterocycles. The van der Waals surface area contributed by atoms with Crippen LogP contribution in [0.25, 0.3) is 0 Å². The molecular formula is C15H13F2NOS. The van der Waals surface area contributed by atoms with Crippen molar-refractivity contribution < 1.29 is 13.5 Å². The summed E-state index contributed by atoms with van der Waals surface area (Å²) < 4.78 is 33.0. The second-order valence-electron chi connectivity index (χ2n) is 4.48. The predicted molar refractivity (Wildman–Crippen MR) is 78.2 cm³/mol. The summed E-state index contributed by atoms with van der Waals surface area (Å²) in [5.41, 5.74) is 7.52. The van der Waals surface area contributed by atoms with E-state index in [9.17, 15) is 8.78 Å². The highest BCUT2D eigenvalue weighted by atomic mass is 32.1. The van der Waals surface area contributed by atoms with Crippen LogP contribution < -0.4 is 10.5 Å². The lowest BCUT2D eigenvalue weighted by Crippen LogP contribution is -2.10. The summed E-state index contributed by atoms with van der Waals surface area (Å²) >= 11 is 4.69. The van der Waals surface area contributed by atoms with Crippen LogP contribution >= 0.6 is 12.2 Å². The van der Waals surface area contributed by atoms with E-state index in [0.717, 1.165) is 23.3 Å². The van der Waals surface area contributed by atoms with Crippen LogP contribution in [-0.2, 0) is 0 Å². The SMILES string of the molecule is Cc1ccc(Oc2c(F)cc(C(N)=S)cc2F)cc1C. The van der Waals surface area contributed by atoms with Gasteiger partial charge in [0, 0.05) is 5.56 Å². The van der Waals surface area contributed by atoms with E-state index >= 15 is 0 Å². The van der Waals surface area contributed by atoms with E-state index in [1.165, 1.54) is 0 Å². The number of rotatable bonds is 3. The maximum atomic E-state index is 13.9. The number of thiocarbonyl (C=S) groups is 1. The van der Waals surface area contributed by atoms with Crippen molar-refractivity contribution in [2.75, 3.05) is 0 Å². The lowest BCUT2D eigenvalue weighted by Gasteiger charge is -2.10. The van der Waals surface area contributed by atoms with Crippen molar-refractivity contribution in [1.29, 1.82) is 0 Å². The molecule has 0 bridgehead atoms. The number of hydrogen-bond acceptors (Lipinski definition) is 2. The number of hydrogen-bond donors (Lipinski definition) is 1. The van der Waals surface area contributed by atoms with Gasteiger partial charge in [0.05, 0.1) is 0 Å². The van der Waals surface area contributed by atoms with E-state index in [-0.39, 0.29) is 10.6 Å². The van der Waals surface area contributed by atoms with Crippen LogP contribution in [0.2, 0.25) is 0 Å². The third kappa shape index (κ3) is 2.93. The lowest BCUT2D eigenvalue weighted by molar-refractivity contribution is 0.407. The van der Waals surface area contributed by atoms with E-state index in [1.807, 2.05) is 19.9 Å². The Bertz CT molecular complexity index is 663. The summed E-state index contributed by atoms with van der Waals surface area (Å²) in [7, 11) is 0. The van der Waals surface area contributed by atoms with Gasteiger partial charge < -0.3 is 10.5 Å². The first-order valence-corrected chi connectivity index (χ1v) is 6.33. The zero-order valence-corrected chi connectivity index (χ0v) is 11.9. The summed E-state index contributed by atoms with van der Waals surface area (Å²) in [6.07, 6.45) is 0. The van der Waals surface area contributed by atoms with Crippen molar-refractivity contribution in [2.24, 2.45) is 5.73 Å². The first-order chi connectivity index (χ1) is 9.38. The van der Waals surface area contributed by atoms with Crippen molar-refractivity contribution in [3.05, 3.63) is 58.7 Å². The molecule has 0 unspecified atom stereocenters. The molecule has 0 fully saturated rings. The van der Waals surface area contributed by atoms with Crippen LogP contribution in [-0.4, -0.2) is 4.99 Å². The predicted octanol–water partition coefficient (Wildman–Crippen LogP) is 4.01. The molecule has 0 saturated heterocycles. The molecule has 2 aromatic carbocycles. The first-order valence-electron chi connectivity index (χ1n) is 5.92. The molecule has 2 N–H and O–H groups in total. The topological polar surface area (TPSA) is 35.2 Å². The molecule has 104 valence electrons. The molecule has 20 heavy (non-hydrogen) atoms. The van der Waals surface area contributed by atoms with Crippen LogP contribution in [0.15, 0.2) is 30.3 Å². The Hall–Kier alpha value is -2.01. The van der Waals surface area contributed by atoms with Crippen molar-refractivity contribution in [3.8, 4) is 11.5 Å². The van der Waals surface area contributed by atoms with Crippen molar-refractivity contribution >= 4 is 17.2 Å². The zero-order valence-electron chi connectivity index (χ0n) is 11.0. The number of aryl methyl sites for hydroxylation is 2. The quantitative estimate of drug-likeness (QED) is 0.868. The molecule has 0 amide bonds. The van der Waals surface area contributed by atoms with Gasteiger partial charge in [0.25, 0.3) is 0 Å². The third-order valence-electron chi connectivity index (χ3n) is 2.98. The maximum Gasteiger partial charge on any atom is 0.198 e. The van der Waals surface area contributed by atoms with Gasteiger partial charge in [-0.25, -0.2) is 8.78 Å². The van der Waals surface area contributed by atoms with Crippen LogP contribution in [0.4, 0.5) is 8.78 Å². The van der Waals surface area contributed by atoms with E-state index in [0.29, 0.717) is 5.75 Å². The highest BCUT2D eigenvalue weighted by Gasteiger charge is 2.15. The largest absolute Gasteiger partial charge is 0.451 e. The first kappa shape index (κ1) is 14.4. The molecule has 0 spiro atoms. The molecule has 5 heteroatoms. The highest BCUT2D eigenvalue weighted by molar-refractivity contribution is 7.80. The van der Waals surface area contributed by atoms with Gasteiger partial charge in [-0.1, -0.05) is 18.3 Å². The van der Waals surface area contributed by atoms with E-state index in [1.54, 1.807) is 12.1 Å². The minimum atomic E-state index is -0.842. The van der Waals surface area contributed by atoms with E-state index < -0.39 is 17.4 Å². The second kappa shape index (κ2) is 5.54. The van der Waals surface area contributed by atoms with Crippen molar-refractivity contribution in [3.63, 3.8) is 0 Å². The molecule has 0 aromatic heterocycles. The summed E-state index contributed by atoms with van der Waals surface area (Å²) in [6.45, 7) is 3.84. The van der Waals surface area contributed by atoms with Gasteiger partial charge in [-0.05, 0) is 49.2 Å². The maximum absolute atomic E-state index is 13.9. The molecule has 0 atom stereocenters. The fourth-order valence-corrected chi connectivity index (χ4v) is 1.81. The van der Waals surface area contributed by atoms with Crippen molar-refractivity contribution in [1.82, 2.24) is 0 Å². The molecule has 0 saturated carbocycles. The summed E-state index contributed by atoms with van der Waals surface area (Å²) in [5.74, 6) is -1.78. The Morgan fingerprint density at radius 3 is 2.15 bits per heavy atom. The summed E-state index contributed by atoms with van der Waals surface area (Å²) in [6, 6.07) is 7.31. The Morgan fingerprint density at radius 2 is 1.65 bits per heavy atom. The normalized spacial score (nSPS) is 10.4. The molecular weight excluding hydrogens is 280 g/mol. The molecule has 0 aliphatic carbocycles. The van der Waals surface area contributed by atoms with Crippen LogP contribution in [0.5, 0.6) is 11.5 Å². The number of benzene rings is 2. The van der Waals surface area contributed by atoms with Gasteiger partial charge >= 0.3 is 0 Å². The Kier molecular flexibility index (Phi) is 3.99. The van der Waals surface area contributed by atoms with Crippen molar-refractivity contribution in [2.45, 2.75) is 13.8 Å². The fourth-order valence-electron chi connectivity index (χ4n) is 1.69. The molecule has 2 rings (SSSR count). The van der Waals surface area contributed by atoms with Gasteiger partial charge in [0.1, 0.15) is 10.7 Å². The second-order valence-corrected chi connectivity index (χ2v) is 4.92. The van der Waals surface area contributed by atoms with Crippen LogP contribution in [0, 0.1) is 25.5 Å². The van der Waals surface area contributed by atoms with E-state index in [4.69, 9.17) is 10.5 Å². The van der Waals surface area contributed by atoms with Gasteiger partial charge in [0.15, 0.2) is 17.4 Å². The number of halogens is 2. The molecule has 0 radical (unpaired) electrons. The van der Waals surface area contributed by atoms with Gasteiger partial charge in [0.2, 0.25) is 0 Å². The molecule has 0 aliphatic rings. The van der Waals surface area contributed by atoms with Gasteiger partial charge in [-0.3, -0.25) is 0 Å². The smallest absolute Gasteiger partial charge is 0.198 e. The Balaban J connectivity index is 2.38. The minimum absolute atomic E-state index is 0.0690. The monoisotopic (exact) mass is 293 g/mol. The standard InChI is InChI=1S/C15H13F2NOS/c1-8-3-4-11(5-9(8)2)19-14-12(16)6-10(15(18)20)7-13(14)17/h3-7H,1-2H3,(H2,18,20). The zero-order chi connectivity index (χ0) is 14.9. The summed E-state index contributed by atoms with van der Waals surface area (Å²) in [4.78, 5) is -0.0690. The van der Waals surface area contributed by atoms with Gasteiger partial charge in [-0.15, -0.1) is 0 Å². The molecule has 0 aliphatic heterocycles. The minimum Gasteiger partial charge on any atom is -0.451 e. The van der Waals surface area contributed by atoms with Crippen LogP contribution in [0.3, 0.4) is 0 Å². The van der Waals surface area contributed by atoms with Crippen LogP contribution in [0.1, 0.15) is 16.7 Å². The molecule has 2 nitrogen and oxygen atoms in total.